The summed E-state index contributed by atoms with van der Waals surface area (Å²) in [6.45, 7) is 0.266. The van der Waals surface area contributed by atoms with E-state index in [1.807, 2.05) is 12.1 Å². The Kier molecular flexibility index (Phi) is 4.81. The zero-order chi connectivity index (χ0) is 16.2. The normalized spacial score (nSPS) is 12.1. The lowest BCUT2D eigenvalue weighted by molar-refractivity contribution is 0.296. The van der Waals surface area contributed by atoms with Gasteiger partial charge >= 0.3 is 0 Å². The number of halogens is 2. The summed E-state index contributed by atoms with van der Waals surface area (Å²) in [7, 11) is 0. The highest BCUT2D eigenvalue weighted by Crippen LogP contribution is 2.19. The first-order valence-electron chi connectivity index (χ1n) is 6.92. The third-order valence-corrected chi connectivity index (χ3v) is 3.75. The molecule has 1 heterocycles. The van der Waals surface area contributed by atoms with Crippen LogP contribution in [-0.4, -0.2) is 15.2 Å². The molecule has 0 fully saturated rings. The van der Waals surface area contributed by atoms with Crippen LogP contribution in [0.3, 0.4) is 0 Å². The van der Waals surface area contributed by atoms with Crippen LogP contribution in [-0.2, 0) is 6.61 Å². The van der Waals surface area contributed by atoms with Crippen LogP contribution in [0.15, 0.2) is 48.5 Å². The molecule has 0 aliphatic rings. The number of hydrogen-bond acceptors (Lipinski definition) is 4. The Morgan fingerprint density at radius 1 is 1.00 bits per heavy atom. The van der Waals surface area contributed by atoms with E-state index in [1.165, 1.54) is 0 Å². The minimum Gasteiger partial charge on any atom is -0.486 e. The predicted molar refractivity (Wildman–Crippen MR) is 89.6 cm³/mol. The van der Waals surface area contributed by atoms with Crippen molar-refractivity contribution in [2.45, 2.75) is 12.6 Å². The van der Waals surface area contributed by atoms with Gasteiger partial charge in [-0.15, -0.1) is 0 Å². The van der Waals surface area contributed by atoms with Gasteiger partial charge in [0.05, 0.1) is 6.04 Å². The van der Waals surface area contributed by atoms with Crippen LogP contribution in [0.1, 0.15) is 23.3 Å². The second-order valence-electron chi connectivity index (χ2n) is 4.91. The number of benzene rings is 2. The molecule has 5 nitrogen and oxygen atoms in total. The summed E-state index contributed by atoms with van der Waals surface area (Å²) in [5, 5.41) is 8.30. The number of aromatic nitrogens is 3. The van der Waals surface area contributed by atoms with Crippen molar-refractivity contribution in [3.8, 4) is 5.75 Å². The second kappa shape index (κ2) is 7.00. The van der Waals surface area contributed by atoms with E-state index < -0.39 is 6.04 Å². The average Bonchev–Trinajstić information content (AvgIpc) is 3.03. The summed E-state index contributed by atoms with van der Waals surface area (Å²) < 4.78 is 5.61. The quantitative estimate of drug-likeness (QED) is 0.736. The first-order chi connectivity index (χ1) is 11.1. The van der Waals surface area contributed by atoms with Crippen LogP contribution in [0.5, 0.6) is 5.75 Å². The Hall–Kier alpha value is -2.08. The number of rotatable bonds is 5. The lowest BCUT2D eigenvalue weighted by Crippen LogP contribution is -2.13. The molecular weight excluding hydrogens is 335 g/mol. The van der Waals surface area contributed by atoms with Crippen molar-refractivity contribution < 1.29 is 4.74 Å². The molecule has 7 heteroatoms. The summed E-state index contributed by atoms with van der Waals surface area (Å²) in [5.74, 6) is 1.80. The van der Waals surface area contributed by atoms with Crippen LogP contribution in [0.25, 0.3) is 0 Å². The van der Waals surface area contributed by atoms with Gasteiger partial charge in [0.2, 0.25) is 0 Å². The SMILES string of the molecule is N[C@@H](c1ccc(Cl)cc1)c1n[nH]c(COc2ccc(Cl)cc2)n1. The minimum atomic E-state index is -0.423. The second-order valence-corrected chi connectivity index (χ2v) is 5.78. The highest BCUT2D eigenvalue weighted by atomic mass is 35.5. The molecule has 0 bridgehead atoms. The fraction of sp³-hybridized carbons (Fsp3) is 0.125. The molecule has 0 aliphatic carbocycles. The zero-order valence-corrected chi connectivity index (χ0v) is 13.6. The fourth-order valence-electron chi connectivity index (χ4n) is 2.02. The highest BCUT2D eigenvalue weighted by Gasteiger charge is 2.14. The minimum absolute atomic E-state index is 0.266. The van der Waals surface area contributed by atoms with Gasteiger partial charge in [-0.2, -0.15) is 5.10 Å². The molecule has 118 valence electrons. The monoisotopic (exact) mass is 348 g/mol. The molecule has 3 rings (SSSR count). The van der Waals surface area contributed by atoms with Gasteiger partial charge in [-0.05, 0) is 42.0 Å². The van der Waals surface area contributed by atoms with Crippen molar-refractivity contribution in [3.05, 3.63) is 75.8 Å². The van der Waals surface area contributed by atoms with Gasteiger partial charge in [0, 0.05) is 10.0 Å². The Morgan fingerprint density at radius 3 is 2.26 bits per heavy atom. The average molecular weight is 349 g/mol. The van der Waals surface area contributed by atoms with Crippen molar-refractivity contribution in [3.63, 3.8) is 0 Å². The lowest BCUT2D eigenvalue weighted by atomic mass is 10.1. The Morgan fingerprint density at radius 2 is 1.61 bits per heavy atom. The van der Waals surface area contributed by atoms with E-state index in [1.54, 1.807) is 36.4 Å². The first kappa shape index (κ1) is 15.8. The molecule has 0 saturated carbocycles. The van der Waals surface area contributed by atoms with Crippen LogP contribution >= 0.6 is 23.2 Å². The molecule has 23 heavy (non-hydrogen) atoms. The number of aromatic amines is 1. The topological polar surface area (TPSA) is 76.8 Å². The number of H-pyrrole nitrogens is 1. The van der Waals surface area contributed by atoms with Gasteiger partial charge in [-0.25, -0.2) is 4.98 Å². The molecule has 1 aromatic heterocycles. The maximum Gasteiger partial charge on any atom is 0.172 e. The lowest BCUT2D eigenvalue weighted by Gasteiger charge is -2.07. The molecule has 1 atom stereocenters. The van der Waals surface area contributed by atoms with Gasteiger partial charge in [-0.1, -0.05) is 35.3 Å². The molecule has 0 radical (unpaired) electrons. The maximum atomic E-state index is 6.16. The van der Waals surface area contributed by atoms with Gasteiger partial charge in [0.15, 0.2) is 11.6 Å². The van der Waals surface area contributed by atoms with Crippen molar-refractivity contribution in [2.75, 3.05) is 0 Å². The Labute approximate surface area is 143 Å². The van der Waals surface area contributed by atoms with Gasteiger partial charge < -0.3 is 10.5 Å². The van der Waals surface area contributed by atoms with Crippen LogP contribution < -0.4 is 10.5 Å². The van der Waals surface area contributed by atoms with Crippen molar-refractivity contribution in [1.82, 2.24) is 15.2 Å². The van der Waals surface area contributed by atoms with E-state index in [0.29, 0.717) is 27.4 Å². The van der Waals surface area contributed by atoms with E-state index in [4.69, 9.17) is 33.7 Å². The highest BCUT2D eigenvalue weighted by molar-refractivity contribution is 6.30. The smallest absolute Gasteiger partial charge is 0.172 e. The molecule has 0 amide bonds. The molecule has 0 saturated heterocycles. The first-order valence-corrected chi connectivity index (χ1v) is 7.68. The summed E-state index contributed by atoms with van der Waals surface area (Å²) in [5.41, 5.74) is 7.05. The fourth-order valence-corrected chi connectivity index (χ4v) is 2.27. The van der Waals surface area contributed by atoms with Gasteiger partial charge in [0.1, 0.15) is 12.4 Å². The summed E-state index contributed by atoms with van der Waals surface area (Å²) in [4.78, 5) is 4.37. The Balaban J connectivity index is 1.65. The van der Waals surface area contributed by atoms with Crippen molar-refractivity contribution in [1.29, 1.82) is 0 Å². The summed E-state index contributed by atoms with van der Waals surface area (Å²) in [6.07, 6.45) is 0. The van der Waals surface area contributed by atoms with E-state index in [0.717, 1.165) is 5.56 Å². The van der Waals surface area contributed by atoms with Gasteiger partial charge in [0.25, 0.3) is 0 Å². The number of nitrogens with two attached hydrogens (primary N) is 1. The van der Waals surface area contributed by atoms with Crippen LogP contribution in [0.4, 0.5) is 0 Å². The third-order valence-electron chi connectivity index (χ3n) is 3.25. The van der Waals surface area contributed by atoms with Crippen molar-refractivity contribution >= 4 is 23.2 Å². The standard InChI is InChI=1S/C16H14Cl2N4O/c17-11-3-1-10(2-4-11)15(19)16-20-14(21-22-16)9-23-13-7-5-12(18)6-8-13/h1-8,15H,9,19H2,(H,20,21,22)/t15-/m0/s1. The number of hydrogen-bond donors (Lipinski definition) is 2. The van der Waals surface area contributed by atoms with Crippen molar-refractivity contribution in [2.24, 2.45) is 5.73 Å². The molecule has 0 spiro atoms. The molecule has 0 unspecified atom stereocenters. The number of nitrogens with one attached hydrogen (secondary N) is 1. The van der Waals surface area contributed by atoms with E-state index in [2.05, 4.69) is 15.2 Å². The maximum absolute atomic E-state index is 6.16. The summed E-state index contributed by atoms with van der Waals surface area (Å²) >= 11 is 11.7. The van der Waals surface area contributed by atoms with E-state index in [-0.39, 0.29) is 6.61 Å². The predicted octanol–water partition coefficient (Wildman–Crippen LogP) is 3.74. The van der Waals surface area contributed by atoms with Crippen LogP contribution in [0.2, 0.25) is 10.0 Å². The zero-order valence-electron chi connectivity index (χ0n) is 12.0. The largest absolute Gasteiger partial charge is 0.486 e. The molecular formula is C16H14Cl2N4O. The number of ether oxygens (including phenoxy) is 1. The van der Waals surface area contributed by atoms with Gasteiger partial charge in [-0.3, -0.25) is 5.10 Å². The Bertz CT molecular complexity index is 772. The molecule has 3 N–H and O–H groups in total. The molecule has 3 aromatic rings. The summed E-state index contributed by atoms with van der Waals surface area (Å²) in [6, 6.07) is 14.0. The molecule has 0 aliphatic heterocycles. The van der Waals surface area contributed by atoms with E-state index >= 15 is 0 Å². The van der Waals surface area contributed by atoms with Crippen LogP contribution in [0, 0.1) is 0 Å². The van der Waals surface area contributed by atoms with E-state index in [9.17, 15) is 0 Å². The third kappa shape index (κ3) is 4.01. The molecule has 2 aromatic carbocycles. The number of nitrogens with zero attached hydrogens (tertiary/aromatic N) is 2.